The number of cyclic esters (lactones) is 1. The van der Waals surface area contributed by atoms with Crippen LogP contribution in [0.4, 0.5) is 19.4 Å². The van der Waals surface area contributed by atoms with Gasteiger partial charge in [-0.2, -0.15) is 0 Å². The molecule has 1 saturated heterocycles. The largest absolute Gasteiger partial charge is 0.437 e. The third kappa shape index (κ3) is 3.89. The maximum absolute atomic E-state index is 13.3. The standard InChI is InChI=1S/C23H20F2N2O3/c24-18-8-4-16(5-9-18)20-2-1-3-21(26-20)27-14-12-23(13-15-28,30-22(27)29)17-6-10-19(25)11-7-17/h1-11,28H,12-15H2/t23-/m0/s1. The molecule has 0 unspecified atom stereocenters. The molecule has 7 heteroatoms. The summed E-state index contributed by atoms with van der Waals surface area (Å²) in [5, 5.41) is 9.53. The lowest BCUT2D eigenvalue weighted by Crippen LogP contribution is -2.48. The van der Waals surface area contributed by atoms with Crippen molar-refractivity contribution < 1.29 is 23.4 Å². The predicted octanol–water partition coefficient (Wildman–Crippen LogP) is 4.65. The summed E-state index contributed by atoms with van der Waals surface area (Å²) in [4.78, 5) is 18.8. The summed E-state index contributed by atoms with van der Waals surface area (Å²) in [7, 11) is 0. The van der Waals surface area contributed by atoms with Gasteiger partial charge in [0.2, 0.25) is 0 Å². The van der Waals surface area contributed by atoms with Crippen molar-refractivity contribution in [3.05, 3.63) is 83.9 Å². The van der Waals surface area contributed by atoms with Gasteiger partial charge in [-0.15, -0.1) is 0 Å². The fourth-order valence-electron chi connectivity index (χ4n) is 3.68. The number of carbonyl (C=O) groups is 1. The average Bonchev–Trinajstić information content (AvgIpc) is 2.75. The number of hydrogen-bond acceptors (Lipinski definition) is 4. The number of benzene rings is 2. The molecule has 0 aliphatic carbocycles. The molecular weight excluding hydrogens is 390 g/mol. The van der Waals surface area contributed by atoms with Crippen molar-refractivity contribution in [2.75, 3.05) is 18.1 Å². The molecule has 0 spiro atoms. The van der Waals surface area contributed by atoms with E-state index in [-0.39, 0.29) is 24.7 Å². The Labute approximate surface area is 172 Å². The zero-order valence-corrected chi connectivity index (χ0v) is 16.1. The first kappa shape index (κ1) is 20.0. The number of hydrogen-bond donors (Lipinski definition) is 1. The highest BCUT2D eigenvalue weighted by Gasteiger charge is 2.42. The number of halogens is 2. The Morgan fingerprint density at radius 3 is 2.30 bits per heavy atom. The lowest BCUT2D eigenvalue weighted by Gasteiger charge is -2.41. The summed E-state index contributed by atoms with van der Waals surface area (Å²) in [6.07, 6.45) is 0.0250. The molecule has 0 bridgehead atoms. The van der Waals surface area contributed by atoms with Gasteiger partial charge in [0.15, 0.2) is 0 Å². The van der Waals surface area contributed by atoms with Crippen LogP contribution in [-0.2, 0) is 10.3 Å². The second-order valence-electron chi connectivity index (χ2n) is 7.13. The lowest BCUT2D eigenvalue weighted by molar-refractivity contribution is -0.0259. The van der Waals surface area contributed by atoms with Crippen molar-refractivity contribution in [2.24, 2.45) is 0 Å². The Kier molecular flexibility index (Phi) is 5.46. The fraction of sp³-hybridized carbons (Fsp3) is 0.217. The number of nitrogens with zero attached hydrogens (tertiary/aromatic N) is 2. The summed E-state index contributed by atoms with van der Waals surface area (Å²) >= 11 is 0. The highest BCUT2D eigenvalue weighted by molar-refractivity contribution is 5.88. The summed E-state index contributed by atoms with van der Waals surface area (Å²) in [5.41, 5.74) is 0.944. The monoisotopic (exact) mass is 410 g/mol. The number of anilines is 1. The van der Waals surface area contributed by atoms with E-state index in [1.54, 1.807) is 42.5 Å². The zero-order valence-electron chi connectivity index (χ0n) is 16.1. The maximum atomic E-state index is 13.3. The van der Waals surface area contributed by atoms with Crippen molar-refractivity contribution in [3.8, 4) is 11.3 Å². The highest BCUT2D eigenvalue weighted by Crippen LogP contribution is 2.38. The minimum absolute atomic E-state index is 0.178. The number of pyridine rings is 1. The molecule has 1 atom stereocenters. The molecule has 2 aromatic carbocycles. The summed E-state index contributed by atoms with van der Waals surface area (Å²) in [6.45, 7) is 0.138. The number of aliphatic hydroxyl groups is 1. The molecule has 1 fully saturated rings. The van der Waals surface area contributed by atoms with Gasteiger partial charge in [-0.25, -0.2) is 18.6 Å². The number of aliphatic hydroxyl groups excluding tert-OH is 1. The third-order valence-corrected chi connectivity index (χ3v) is 5.28. The molecule has 30 heavy (non-hydrogen) atoms. The van der Waals surface area contributed by atoms with Crippen LogP contribution in [0.2, 0.25) is 0 Å². The normalized spacial score (nSPS) is 18.9. The molecule has 0 radical (unpaired) electrons. The molecule has 2 heterocycles. The van der Waals surface area contributed by atoms with E-state index < -0.39 is 11.7 Å². The van der Waals surface area contributed by atoms with Gasteiger partial charge in [0.1, 0.15) is 23.1 Å². The van der Waals surface area contributed by atoms with E-state index in [1.807, 2.05) is 0 Å². The SMILES string of the molecule is O=C1O[C@@](CCO)(c2ccc(F)cc2)CCN1c1cccc(-c2ccc(F)cc2)n1. The Balaban J connectivity index is 1.59. The van der Waals surface area contributed by atoms with Crippen LogP contribution in [0.5, 0.6) is 0 Å². The van der Waals surface area contributed by atoms with Gasteiger partial charge in [-0.1, -0.05) is 18.2 Å². The molecule has 1 aromatic heterocycles. The fourth-order valence-corrected chi connectivity index (χ4v) is 3.68. The van der Waals surface area contributed by atoms with E-state index in [0.29, 0.717) is 30.0 Å². The Morgan fingerprint density at radius 1 is 1.00 bits per heavy atom. The van der Waals surface area contributed by atoms with Crippen LogP contribution in [-0.4, -0.2) is 29.3 Å². The summed E-state index contributed by atoms with van der Waals surface area (Å²) in [6, 6.07) is 17.0. The molecule has 1 aliphatic rings. The summed E-state index contributed by atoms with van der Waals surface area (Å²) in [5.74, 6) is -0.308. The van der Waals surface area contributed by atoms with E-state index in [1.165, 1.54) is 29.2 Å². The Bertz CT molecular complexity index is 1040. The third-order valence-electron chi connectivity index (χ3n) is 5.28. The van der Waals surface area contributed by atoms with Crippen LogP contribution in [0, 0.1) is 11.6 Å². The molecule has 1 amide bonds. The number of amides is 1. The molecule has 1 aliphatic heterocycles. The number of ether oxygens (including phenoxy) is 1. The molecule has 4 rings (SSSR count). The van der Waals surface area contributed by atoms with Crippen LogP contribution >= 0.6 is 0 Å². The average molecular weight is 410 g/mol. The van der Waals surface area contributed by atoms with E-state index in [9.17, 15) is 18.7 Å². The lowest BCUT2D eigenvalue weighted by atomic mass is 9.86. The minimum atomic E-state index is -1.02. The Hall–Kier alpha value is -3.32. The van der Waals surface area contributed by atoms with Crippen LogP contribution in [0.3, 0.4) is 0 Å². The maximum Gasteiger partial charge on any atom is 0.416 e. The van der Waals surface area contributed by atoms with Gasteiger partial charge in [-0.05, 0) is 54.1 Å². The molecule has 154 valence electrons. The Morgan fingerprint density at radius 2 is 1.67 bits per heavy atom. The van der Waals surface area contributed by atoms with Crippen LogP contribution in [0.15, 0.2) is 66.7 Å². The van der Waals surface area contributed by atoms with Gasteiger partial charge in [0.25, 0.3) is 0 Å². The predicted molar refractivity (Wildman–Crippen MR) is 108 cm³/mol. The van der Waals surface area contributed by atoms with Crippen molar-refractivity contribution >= 4 is 11.9 Å². The second-order valence-corrected chi connectivity index (χ2v) is 7.13. The van der Waals surface area contributed by atoms with Crippen molar-refractivity contribution in [3.63, 3.8) is 0 Å². The van der Waals surface area contributed by atoms with E-state index in [4.69, 9.17) is 4.74 Å². The van der Waals surface area contributed by atoms with E-state index in [0.717, 1.165) is 5.56 Å². The molecule has 0 saturated carbocycles. The first-order valence-corrected chi connectivity index (χ1v) is 9.61. The van der Waals surface area contributed by atoms with Gasteiger partial charge >= 0.3 is 6.09 Å². The highest BCUT2D eigenvalue weighted by atomic mass is 19.1. The first-order valence-electron chi connectivity index (χ1n) is 9.61. The van der Waals surface area contributed by atoms with Gasteiger partial charge in [0, 0.05) is 31.6 Å². The number of carbonyl (C=O) groups excluding carboxylic acids is 1. The quantitative estimate of drug-likeness (QED) is 0.665. The zero-order chi connectivity index (χ0) is 21.1. The molecular formula is C23H20F2N2O3. The van der Waals surface area contributed by atoms with Gasteiger partial charge in [0.05, 0.1) is 5.69 Å². The van der Waals surface area contributed by atoms with E-state index >= 15 is 0 Å². The minimum Gasteiger partial charge on any atom is -0.437 e. The van der Waals surface area contributed by atoms with Crippen molar-refractivity contribution in [1.82, 2.24) is 4.98 Å². The van der Waals surface area contributed by atoms with Gasteiger partial charge < -0.3 is 9.84 Å². The molecule has 1 N–H and O–H groups in total. The topological polar surface area (TPSA) is 62.7 Å². The number of rotatable bonds is 5. The molecule has 5 nitrogen and oxygen atoms in total. The second kappa shape index (κ2) is 8.20. The van der Waals surface area contributed by atoms with E-state index in [2.05, 4.69) is 4.98 Å². The van der Waals surface area contributed by atoms with Crippen molar-refractivity contribution in [2.45, 2.75) is 18.4 Å². The van der Waals surface area contributed by atoms with Crippen LogP contribution < -0.4 is 4.90 Å². The number of aromatic nitrogens is 1. The smallest absolute Gasteiger partial charge is 0.416 e. The van der Waals surface area contributed by atoms with Crippen LogP contribution in [0.25, 0.3) is 11.3 Å². The van der Waals surface area contributed by atoms with Gasteiger partial charge in [-0.3, -0.25) is 4.90 Å². The van der Waals surface area contributed by atoms with Crippen molar-refractivity contribution in [1.29, 1.82) is 0 Å². The first-order chi connectivity index (χ1) is 14.5. The summed E-state index contributed by atoms with van der Waals surface area (Å²) < 4.78 is 32.3. The molecule has 3 aromatic rings. The van der Waals surface area contributed by atoms with Crippen LogP contribution in [0.1, 0.15) is 18.4 Å².